The fourth-order valence-electron chi connectivity index (χ4n) is 6.31. The van der Waals surface area contributed by atoms with Gasteiger partial charge in [0.2, 0.25) is 0 Å². The van der Waals surface area contributed by atoms with E-state index in [0.29, 0.717) is 0 Å². The second kappa shape index (κ2) is 16.2. The first kappa shape index (κ1) is 40.5. The van der Waals surface area contributed by atoms with Crippen LogP contribution in [0.1, 0.15) is 104 Å². The minimum atomic E-state index is -1.49. The van der Waals surface area contributed by atoms with Gasteiger partial charge in [0.1, 0.15) is 11.6 Å². The molecule has 47 heavy (non-hydrogen) atoms. The van der Waals surface area contributed by atoms with Gasteiger partial charge in [0.25, 0.3) is 0 Å². The normalized spacial score (nSPS) is 12.6. The van der Waals surface area contributed by atoms with E-state index in [2.05, 4.69) is 77.7 Å². The molecule has 1 aromatic heterocycles. The number of carbonyl (C=O) groups excluding carboxylic acids is 1. The van der Waals surface area contributed by atoms with Gasteiger partial charge in [-0.3, -0.25) is 9.78 Å². The predicted molar refractivity (Wildman–Crippen MR) is 201 cm³/mol. The zero-order valence-corrected chi connectivity index (χ0v) is 34.5. The molecule has 0 saturated carbocycles. The molecule has 4 rings (SSSR count). The summed E-state index contributed by atoms with van der Waals surface area (Å²) in [6, 6.07) is 18.2. The van der Waals surface area contributed by atoms with Crippen LogP contribution in [0.2, 0.25) is 19.6 Å². The summed E-state index contributed by atoms with van der Waals surface area (Å²) in [5, 5.41) is 15.3. The first-order valence-electron chi connectivity index (χ1n) is 17.2. The molecule has 0 fully saturated rings. The van der Waals surface area contributed by atoms with Crippen LogP contribution in [0, 0.1) is 30.7 Å². The third kappa shape index (κ3) is 8.68. The molecule has 0 amide bonds. The Hall–Kier alpha value is -2.66. The van der Waals surface area contributed by atoms with Crippen molar-refractivity contribution in [3.8, 4) is 11.3 Å². The van der Waals surface area contributed by atoms with Crippen LogP contribution < -0.4 is 5.19 Å². The van der Waals surface area contributed by atoms with E-state index >= 15 is 0 Å². The van der Waals surface area contributed by atoms with Gasteiger partial charge in [0.05, 0.1) is 13.6 Å². The Morgan fingerprint density at radius 2 is 1.53 bits per heavy atom. The number of aromatic nitrogens is 2. The number of allylic oxidation sites excluding steroid dienone is 2. The molecule has 1 N–H and O–H groups in total. The third-order valence-electron chi connectivity index (χ3n) is 10.3. The molecule has 0 aliphatic carbocycles. The van der Waals surface area contributed by atoms with Crippen LogP contribution in [-0.4, -0.2) is 28.9 Å². The van der Waals surface area contributed by atoms with Crippen molar-refractivity contribution in [1.82, 2.24) is 9.97 Å². The second-order valence-corrected chi connectivity index (χ2v) is 19.8. The van der Waals surface area contributed by atoms with Gasteiger partial charge < -0.3 is 5.11 Å². The molecule has 4 aromatic rings. The smallest absolute Gasteiger partial charge is 0.164 e. The van der Waals surface area contributed by atoms with E-state index in [1.807, 2.05) is 59.7 Å². The minimum absolute atomic E-state index is 0. The van der Waals surface area contributed by atoms with E-state index in [1.165, 1.54) is 28.0 Å². The average Bonchev–Trinajstić information content (AvgIpc) is 3.02. The molecule has 0 aliphatic rings. The van der Waals surface area contributed by atoms with Crippen molar-refractivity contribution in [2.45, 2.75) is 120 Å². The molecular weight excluding hydrogens is 773 g/mol. The Labute approximate surface area is 299 Å². The largest absolute Gasteiger partial charge is 0.512 e. The number of carbonyl (C=O) groups is 1. The first-order valence-corrected chi connectivity index (χ1v) is 20.7. The Morgan fingerprint density at radius 1 is 0.936 bits per heavy atom. The van der Waals surface area contributed by atoms with E-state index in [4.69, 9.17) is 9.97 Å². The van der Waals surface area contributed by atoms with Crippen LogP contribution in [-0.2, 0) is 24.9 Å². The molecule has 6 heteroatoms. The summed E-state index contributed by atoms with van der Waals surface area (Å²) in [6.07, 6.45) is 4.75. The summed E-state index contributed by atoms with van der Waals surface area (Å²) in [4.78, 5) is 22.2. The third-order valence-corrected chi connectivity index (χ3v) is 12.5. The van der Waals surface area contributed by atoms with Gasteiger partial charge in [0, 0.05) is 48.3 Å². The molecule has 4 nitrogen and oxygen atoms in total. The zero-order chi connectivity index (χ0) is 34.6. The topological polar surface area (TPSA) is 63.1 Å². The Balaban J connectivity index is 0.000000370. The molecule has 1 heterocycles. The maximum atomic E-state index is 12.2. The summed E-state index contributed by atoms with van der Waals surface area (Å²) in [6.45, 7) is 28.2. The van der Waals surface area contributed by atoms with Gasteiger partial charge in [0.15, 0.2) is 5.78 Å². The second-order valence-electron chi connectivity index (χ2n) is 14.8. The maximum Gasteiger partial charge on any atom is 0.164 e. The molecule has 0 atom stereocenters. The van der Waals surface area contributed by atoms with E-state index in [-0.39, 0.29) is 48.4 Å². The number of aryl methyl sites for hydroxylation is 2. The van der Waals surface area contributed by atoms with E-state index < -0.39 is 8.07 Å². The van der Waals surface area contributed by atoms with Gasteiger partial charge in [-0.25, -0.2) is 4.98 Å². The summed E-state index contributed by atoms with van der Waals surface area (Å²) in [7, 11) is -1.49. The number of ketones is 1. The summed E-state index contributed by atoms with van der Waals surface area (Å²) < 4.78 is 0. The number of benzene rings is 3. The van der Waals surface area contributed by atoms with E-state index in [0.717, 1.165) is 53.7 Å². The fourth-order valence-corrected chi connectivity index (χ4v) is 8.82. The van der Waals surface area contributed by atoms with Crippen LogP contribution in [0.25, 0.3) is 32.9 Å². The van der Waals surface area contributed by atoms with Crippen molar-refractivity contribution in [2.24, 2.45) is 10.8 Å². The van der Waals surface area contributed by atoms with Crippen molar-refractivity contribution in [3.63, 3.8) is 0 Å². The van der Waals surface area contributed by atoms with Gasteiger partial charge in [-0.05, 0) is 61.6 Å². The maximum absolute atomic E-state index is 12.2. The molecule has 0 saturated heterocycles. The molecule has 0 bridgehead atoms. The molecular formula is C41H57IrN2O2Si-. The first-order chi connectivity index (χ1) is 21.5. The number of hydrogen-bond donors (Lipinski definition) is 1. The number of fused-ring (bicyclic) bond motifs is 3. The Kier molecular flexibility index (Phi) is 13.9. The molecule has 0 spiro atoms. The molecule has 257 valence electrons. The van der Waals surface area contributed by atoms with Crippen LogP contribution in [0.4, 0.5) is 0 Å². The SMILES string of the molecule is CCC(C)(CC)C(=O)/C=C(\O)C(C)(CC)CC.Cc1cc2ccc3c(-c4[c-]cccc4)nc(C(C)C)nc3c2c(C)c1[Si](C)(C)C.[Ir]. The number of aliphatic hydroxyl groups excluding tert-OH is 1. The number of nitrogens with zero attached hydrogens (tertiary/aromatic N) is 2. The van der Waals surface area contributed by atoms with Crippen molar-refractivity contribution in [1.29, 1.82) is 0 Å². The quantitative estimate of drug-likeness (QED) is 0.0569. The van der Waals surface area contributed by atoms with Crippen LogP contribution >= 0.6 is 0 Å². The monoisotopic (exact) mass is 830 g/mol. The predicted octanol–water partition coefficient (Wildman–Crippen LogP) is 11.2. The van der Waals surface area contributed by atoms with Crippen LogP contribution in [0.15, 0.2) is 54.3 Å². The zero-order valence-electron chi connectivity index (χ0n) is 31.1. The van der Waals surface area contributed by atoms with Crippen LogP contribution in [0.5, 0.6) is 0 Å². The molecule has 0 aliphatic heterocycles. The number of aliphatic hydroxyl groups is 1. The molecule has 1 radical (unpaired) electrons. The number of hydrogen-bond acceptors (Lipinski definition) is 4. The van der Waals surface area contributed by atoms with Crippen LogP contribution in [0.3, 0.4) is 0 Å². The fraction of sp³-hybridized carbons (Fsp3) is 0.488. The van der Waals surface area contributed by atoms with Gasteiger partial charge >= 0.3 is 0 Å². The summed E-state index contributed by atoms with van der Waals surface area (Å²) >= 11 is 0. The summed E-state index contributed by atoms with van der Waals surface area (Å²) in [5.41, 5.74) is 5.27. The Bertz CT molecular complexity index is 1710. The number of rotatable bonds is 10. The standard InChI is InChI=1S/C26H29N2Si.C15H28O2.Ir/c1-16(2)26-27-23(19-11-9-8-10-12-19)21-14-13-20-15-17(3)25(29(5,6)7)18(4)22(20)24(21)28-26;1-7-14(5,8-2)12(16)11-13(17)15(6,9-3)10-4;/h8-11,13-16H,1-7H3;11,16H,7-10H2,1-6H3;/q-1;;/b;12-11-;. The van der Waals surface area contributed by atoms with E-state index in [1.54, 1.807) is 5.19 Å². The molecule has 0 unspecified atom stereocenters. The van der Waals surface area contributed by atoms with Gasteiger partial charge in [-0.2, -0.15) is 0 Å². The van der Waals surface area contributed by atoms with Crippen molar-refractivity contribution < 1.29 is 30.0 Å². The van der Waals surface area contributed by atoms with Gasteiger partial charge in [-0.1, -0.05) is 104 Å². The van der Waals surface area contributed by atoms with Gasteiger partial charge in [-0.15, -0.1) is 35.9 Å². The van der Waals surface area contributed by atoms with Crippen molar-refractivity contribution in [2.75, 3.05) is 0 Å². The van der Waals surface area contributed by atoms with Crippen molar-refractivity contribution in [3.05, 3.63) is 77.3 Å². The minimum Gasteiger partial charge on any atom is -0.512 e. The van der Waals surface area contributed by atoms with Crippen molar-refractivity contribution >= 4 is 40.7 Å². The summed E-state index contributed by atoms with van der Waals surface area (Å²) in [5.74, 6) is 1.44. The van der Waals surface area contributed by atoms with E-state index in [9.17, 15) is 9.90 Å². The Morgan fingerprint density at radius 3 is 2.02 bits per heavy atom. The molecule has 3 aromatic carbocycles. The average molecular weight is 830 g/mol.